The van der Waals surface area contributed by atoms with Crippen molar-refractivity contribution >= 4 is 12.0 Å². The molecule has 3 fully saturated rings. The van der Waals surface area contributed by atoms with Gasteiger partial charge in [-0.15, -0.1) is 0 Å². The van der Waals surface area contributed by atoms with E-state index < -0.39 is 11.9 Å². The molecule has 2 unspecified atom stereocenters. The summed E-state index contributed by atoms with van der Waals surface area (Å²) in [7, 11) is 0. The fraction of sp³-hybridized carbons (Fsp3) is 0.846. The highest BCUT2D eigenvalue weighted by Gasteiger charge is 2.36. The van der Waals surface area contributed by atoms with Crippen LogP contribution in [0.3, 0.4) is 0 Å². The van der Waals surface area contributed by atoms with Crippen molar-refractivity contribution in [3.8, 4) is 0 Å². The Balaban J connectivity index is 1.37. The minimum atomic E-state index is -0.829. The van der Waals surface area contributed by atoms with Crippen LogP contribution in [0.4, 0.5) is 4.79 Å². The van der Waals surface area contributed by atoms with Crippen LogP contribution in [-0.4, -0.2) is 78.4 Å². The summed E-state index contributed by atoms with van der Waals surface area (Å²) in [6, 6.07) is 0.378. The molecule has 0 bridgehead atoms. The van der Waals surface area contributed by atoms with Crippen molar-refractivity contribution < 1.29 is 19.4 Å². The molecule has 0 aromatic carbocycles. The van der Waals surface area contributed by atoms with Gasteiger partial charge in [0.15, 0.2) is 0 Å². The predicted molar refractivity (Wildman–Crippen MR) is 70.4 cm³/mol. The van der Waals surface area contributed by atoms with Crippen LogP contribution in [0.15, 0.2) is 0 Å². The van der Waals surface area contributed by atoms with E-state index in [-0.39, 0.29) is 12.1 Å². The molecule has 2 atom stereocenters. The second-order valence-corrected chi connectivity index (χ2v) is 5.87. The number of likely N-dealkylation sites (tertiary alicyclic amines) is 1. The average Bonchev–Trinajstić information content (AvgIpc) is 2.81. The molecule has 0 aromatic heterocycles. The lowest BCUT2D eigenvalue weighted by molar-refractivity contribution is -0.146. The van der Waals surface area contributed by atoms with E-state index in [4.69, 9.17) is 9.84 Å². The second-order valence-electron chi connectivity index (χ2n) is 5.87. The second kappa shape index (κ2) is 5.57. The zero-order valence-electron chi connectivity index (χ0n) is 11.5. The van der Waals surface area contributed by atoms with Crippen molar-refractivity contribution in [1.29, 1.82) is 0 Å². The standard InChI is InChI=1S/C13H21N3O4/c17-12(18)9-5-16(6-9)13(19)14-4-11-7-15-3-1-2-10(15)8-20-11/h9-11H,1-8H2,(H,14,19)(H,17,18). The molecule has 0 radical (unpaired) electrons. The van der Waals surface area contributed by atoms with Gasteiger partial charge in [-0.05, 0) is 19.4 Å². The fourth-order valence-corrected chi connectivity index (χ4v) is 3.12. The van der Waals surface area contributed by atoms with E-state index in [1.54, 1.807) is 0 Å². The molecular weight excluding hydrogens is 262 g/mol. The van der Waals surface area contributed by atoms with E-state index in [9.17, 15) is 9.59 Å². The summed E-state index contributed by atoms with van der Waals surface area (Å²) < 4.78 is 5.76. The Labute approximate surface area is 117 Å². The zero-order valence-corrected chi connectivity index (χ0v) is 11.5. The molecule has 2 amide bonds. The quantitative estimate of drug-likeness (QED) is 0.735. The van der Waals surface area contributed by atoms with Gasteiger partial charge in [0.05, 0.1) is 18.6 Å². The van der Waals surface area contributed by atoms with Crippen molar-refractivity contribution in [2.24, 2.45) is 5.92 Å². The minimum Gasteiger partial charge on any atom is -0.481 e. The van der Waals surface area contributed by atoms with Crippen LogP contribution >= 0.6 is 0 Å². The fourth-order valence-electron chi connectivity index (χ4n) is 3.12. The lowest BCUT2D eigenvalue weighted by Gasteiger charge is -2.38. The monoisotopic (exact) mass is 283 g/mol. The van der Waals surface area contributed by atoms with E-state index in [1.165, 1.54) is 17.7 Å². The molecule has 7 nitrogen and oxygen atoms in total. The molecule has 0 saturated carbocycles. The van der Waals surface area contributed by atoms with Crippen LogP contribution in [0.1, 0.15) is 12.8 Å². The van der Waals surface area contributed by atoms with Gasteiger partial charge >= 0.3 is 12.0 Å². The Bertz CT molecular complexity index is 397. The molecule has 0 spiro atoms. The molecule has 112 valence electrons. The maximum absolute atomic E-state index is 11.8. The van der Waals surface area contributed by atoms with E-state index in [1.807, 2.05) is 0 Å². The third-order valence-electron chi connectivity index (χ3n) is 4.46. The summed E-state index contributed by atoms with van der Waals surface area (Å²) in [5.41, 5.74) is 0. The van der Waals surface area contributed by atoms with Gasteiger partial charge in [0.1, 0.15) is 0 Å². The van der Waals surface area contributed by atoms with Gasteiger partial charge in [0, 0.05) is 32.2 Å². The number of carbonyl (C=O) groups is 2. The first-order valence-corrected chi connectivity index (χ1v) is 7.24. The van der Waals surface area contributed by atoms with Crippen molar-refractivity contribution in [3.05, 3.63) is 0 Å². The van der Waals surface area contributed by atoms with Crippen LogP contribution < -0.4 is 5.32 Å². The number of nitrogens with one attached hydrogen (secondary N) is 1. The molecule has 3 saturated heterocycles. The third kappa shape index (κ3) is 2.73. The van der Waals surface area contributed by atoms with Gasteiger partial charge in [-0.1, -0.05) is 0 Å². The largest absolute Gasteiger partial charge is 0.481 e. The Morgan fingerprint density at radius 3 is 2.85 bits per heavy atom. The molecule has 7 heteroatoms. The molecule has 3 aliphatic rings. The van der Waals surface area contributed by atoms with Gasteiger partial charge < -0.3 is 20.1 Å². The van der Waals surface area contributed by atoms with Crippen molar-refractivity contribution in [2.45, 2.75) is 25.0 Å². The third-order valence-corrected chi connectivity index (χ3v) is 4.46. The van der Waals surface area contributed by atoms with E-state index >= 15 is 0 Å². The maximum atomic E-state index is 11.8. The Kier molecular flexibility index (Phi) is 3.80. The van der Waals surface area contributed by atoms with E-state index in [2.05, 4.69) is 10.2 Å². The molecular formula is C13H21N3O4. The SMILES string of the molecule is O=C(O)C1CN(C(=O)NCC2CN3CCCC3CO2)C1. The number of nitrogens with zero attached hydrogens (tertiary/aromatic N) is 2. The summed E-state index contributed by atoms with van der Waals surface area (Å²) in [5, 5.41) is 11.6. The summed E-state index contributed by atoms with van der Waals surface area (Å²) in [6.07, 6.45) is 2.49. The highest BCUT2D eigenvalue weighted by atomic mass is 16.5. The zero-order chi connectivity index (χ0) is 14.1. The van der Waals surface area contributed by atoms with Crippen LogP contribution in [0.25, 0.3) is 0 Å². The van der Waals surface area contributed by atoms with Gasteiger partial charge in [-0.3, -0.25) is 9.69 Å². The summed E-state index contributed by atoms with van der Waals surface area (Å²) in [5.74, 6) is -1.23. The van der Waals surface area contributed by atoms with E-state index in [0.29, 0.717) is 25.7 Å². The highest BCUT2D eigenvalue weighted by Crippen LogP contribution is 2.22. The maximum Gasteiger partial charge on any atom is 0.317 e. The van der Waals surface area contributed by atoms with Crippen molar-refractivity contribution in [3.63, 3.8) is 0 Å². The average molecular weight is 283 g/mol. The minimum absolute atomic E-state index is 0.0462. The number of ether oxygens (including phenoxy) is 1. The number of aliphatic carboxylic acids is 1. The summed E-state index contributed by atoms with van der Waals surface area (Å²) in [6.45, 7) is 3.87. The van der Waals surface area contributed by atoms with Gasteiger partial charge in [0.2, 0.25) is 0 Å². The van der Waals surface area contributed by atoms with Crippen LogP contribution in [0.2, 0.25) is 0 Å². The van der Waals surface area contributed by atoms with Gasteiger partial charge in [0.25, 0.3) is 0 Å². The molecule has 3 heterocycles. The first-order valence-electron chi connectivity index (χ1n) is 7.24. The number of morpholine rings is 1. The predicted octanol–water partition coefficient (Wildman–Crippen LogP) is -0.424. The topological polar surface area (TPSA) is 82.1 Å². The number of urea groups is 1. The van der Waals surface area contributed by atoms with Gasteiger partial charge in [-0.2, -0.15) is 0 Å². The number of rotatable bonds is 3. The number of hydrogen-bond acceptors (Lipinski definition) is 4. The Morgan fingerprint density at radius 1 is 1.30 bits per heavy atom. The lowest BCUT2D eigenvalue weighted by atomic mass is 10.0. The molecule has 3 aliphatic heterocycles. The molecule has 2 N–H and O–H groups in total. The Hall–Kier alpha value is -1.34. The summed E-state index contributed by atoms with van der Waals surface area (Å²) in [4.78, 5) is 26.5. The van der Waals surface area contributed by atoms with Crippen LogP contribution in [0.5, 0.6) is 0 Å². The first kappa shape index (κ1) is 13.6. The van der Waals surface area contributed by atoms with E-state index in [0.717, 1.165) is 19.7 Å². The van der Waals surface area contributed by atoms with Crippen LogP contribution in [0, 0.1) is 5.92 Å². The van der Waals surface area contributed by atoms with Crippen molar-refractivity contribution in [2.75, 3.05) is 39.3 Å². The highest BCUT2D eigenvalue weighted by molar-refractivity contribution is 5.79. The lowest BCUT2D eigenvalue weighted by Crippen LogP contribution is -2.58. The summed E-state index contributed by atoms with van der Waals surface area (Å²) >= 11 is 0. The first-order chi connectivity index (χ1) is 9.63. The number of fused-ring (bicyclic) bond motifs is 1. The normalized spacial score (nSPS) is 30.7. The number of carboxylic acids is 1. The van der Waals surface area contributed by atoms with Crippen LogP contribution in [-0.2, 0) is 9.53 Å². The number of amides is 2. The van der Waals surface area contributed by atoms with Gasteiger partial charge in [-0.25, -0.2) is 4.79 Å². The number of hydrogen-bond donors (Lipinski definition) is 2. The Morgan fingerprint density at radius 2 is 2.10 bits per heavy atom. The smallest absolute Gasteiger partial charge is 0.317 e. The molecule has 3 rings (SSSR count). The molecule has 0 aromatic rings. The van der Waals surface area contributed by atoms with Crippen molar-refractivity contribution in [1.82, 2.24) is 15.1 Å². The number of carbonyl (C=O) groups excluding carboxylic acids is 1. The molecule has 0 aliphatic carbocycles. The molecule has 20 heavy (non-hydrogen) atoms. The number of carboxylic acid groups (broad SMARTS) is 1.